The van der Waals surface area contributed by atoms with Crippen molar-refractivity contribution < 1.29 is 0 Å². The predicted octanol–water partition coefficient (Wildman–Crippen LogP) is 1.77. The Morgan fingerprint density at radius 3 is 2.08 bits per heavy atom. The van der Waals surface area contributed by atoms with Gasteiger partial charge in [0.25, 0.3) is 0 Å². The standard InChI is InChI=1S/C10H22N2/c1-6-11-7-8-12(9(11)2)10(3,4)5/h9H,6-8H2,1-5H3. The van der Waals surface area contributed by atoms with Gasteiger partial charge in [-0.25, -0.2) is 0 Å². The monoisotopic (exact) mass is 170 g/mol. The first-order chi connectivity index (χ1) is 5.46. The Hall–Kier alpha value is -0.0800. The topological polar surface area (TPSA) is 6.48 Å². The fourth-order valence-corrected chi connectivity index (χ4v) is 2.13. The second-order valence-corrected chi connectivity index (χ2v) is 4.62. The molecule has 0 aromatic heterocycles. The highest BCUT2D eigenvalue weighted by atomic mass is 15.4. The highest BCUT2D eigenvalue weighted by molar-refractivity contribution is 4.86. The summed E-state index contributed by atoms with van der Waals surface area (Å²) in [6, 6.07) is 0. The molecule has 1 heterocycles. The zero-order chi connectivity index (χ0) is 9.35. The van der Waals surface area contributed by atoms with Crippen molar-refractivity contribution in [3.05, 3.63) is 0 Å². The molecule has 1 rings (SSSR count). The molecular formula is C10H22N2. The molecule has 1 aliphatic rings. The van der Waals surface area contributed by atoms with E-state index in [1.807, 2.05) is 0 Å². The van der Waals surface area contributed by atoms with Crippen LogP contribution < -0.4 is 0 Å². The van der Waals surface area contributed by atoms with Crippen LogP contribution in [0, 0.1) is 0 Å². The Bertz CT molecular complexity index is 148. The molecule has 1 saturated heterocycles. The van der Waals surface area contributed by atoms with E-state index in [9.17, 15) is 0 Å². The Morgan fingerprint density at radius 2 is 1.83 bits per heavy atom. The van der Waals surface area contributed by atoms with Crippen LogP contribution in [0.3, 0.4) is 0 Å². The predicted molar refractivity (Wildman–Crippen MR) is 53.2 cm³/mol. The first kappa shape index (κ1) is 10.0. The Morgan fingerprint density at radius 1 is 1.25 bits per heavy atom. The number of nitrogens with zero attached hydrogens (tertiary/aromatic N) is 2. The van der Waals surface area contributed by atoms with E-state index in [-0.39, 0.29) is 0 Å². The van der Waals surface area contributed by atoms with Crippen molar-refractivity contribution in [2.45, 2.75) is 46.3 Å². The minimum atomic E-state index is 0.323. The van der Waals surface area contributed by atoms with Gasteiger partial charge in [-0.3, -0.25) is 9.80 Å². The van der Waals surface area contributed by atoms with E-state index in [4.69, 9.17) is 0 Å². The summed E-state index contributed by atoms with van der Waals surface area (Å²) in [5, 5.41) is 0. The van der Waals surface area contributed by atoms with Crippen LogP contribution in [0.2, 0.25) is 0 Å². The van der Waals surface area contributed by atoms with Crippen LogP contribution in [-0.2, 0) is 0 Å². The van der Waals surface area contributed by atoms with Gasteiger partial charge in [-0.2, -0.15) is 0 Å². The minimum Gasteiger partial charge on any atom is -0.287 e. The van der Waals surface area contributed by atoms with Crippen LogP contribution >= 0.6 is 0 Å². The number of likely N-dealkylation sites (N-methyl/N-ethyl adjacent to an activating group) is 1. The van der Waals surface area contributed by atoms with E-state index in [2.05, 4.69) is 44.4 Å². The van der Waals surface area contributed by atoms with Gasteiger partial charge < -0.3 is 0 Å². The van der Waals surface area contributed by atoms with E-state index in [1.165, 1.54) is 19.6 Å². The molecule has 1 unspecified atom stereocenters. The number of rotatable bonds is 1. The van der Waals surface area contributed by atoms with Crippen LogP contribution in [0.1, 0.15) is 34.6 Å². The normalized spacial score (nSPS) is 28.2. The van der Waals surface area contributed by atoms with Crippen molar-refractivity contribution in [3.8, 4) is 0 Å². The second-order valence-electron chi connectivity index (χ2n) is 4.62. The lowest BCUT2D eigenvalue weighted by atomic mass is 10.1. The molecule has 0 aromatic carbocycles. The molecular weight excluding hydrogens is 148 g/mol. The Labute approximate surface area is 76.5 Å². The molecule has 0 spiro atoms. The summed E-state index contributed by atoms with van der Waals surface area (Å²) in [5.74, 6) is 0. The molecule has 1 fully saturated rings. The summed E-state index contributed by atoms with van der Waals surface area (Å²) in [6.45, 7) is 15.1. The molecule has 0 N–H and O–H groups in total. The van der Waals surface area contributed by atoms with Crippen LogP contribution in [0.4, 0.5) is 0 Å². The van der Waals surface area contributed by atoms with Gasteiger partial charge in [0.15, 0.2) is 0 Å². The average Bonchev–Trinajstić information content (AvgIpc) is 2.29. The van der Waals surface area contributed by atoms with Crippen molar-refractivity contribution in [2.75, 3.05) is 19.6 Å². The van der Waals surface area contributed by atoms with E-state index >= 15 is 0 Å². The smallest absolute Gasteiger partial charge is 0.0598 e. The SMILES string of the molecule is CCN1CCN(C(C)(C)C)C1C. The van der Waals surface area contributed by atoms with Crippen molar-refractivity contribution in [2.24, 2.45) is 0 Å². The van der Waals surface area contributed by atoms with Crippen LogP contribution in [0.15, 0.2) is 0 Å². The summed E-state index contributed by atoms with van der Waals surface area (Å²) in [5.41, 5.74) is 0.323. The maximum absolute atomic E-state index is 2.57. The van der Waals surface area contributed by atoms with Gasteiger partial charge in [-0.05, 0) is 34.2 Å². The summed E-state index contributed by atoms with van der Waals surface area (Å²) in [7, 11) is 0. The van der Waals surface area contributed by atoms with Crippen LogP contribution in [-0.4, -0.2) is 41.1 Å². The molecule has 72 valence electrons. The van der Waals surface area contributed by atoms with Crippen molar-refractivity contribution in [3.63, 3.8) is 0 Å². The van der Waals surface area contributed by atoms with E-state index in [0.717, 1.165) is 0 Å². The van der Waals surface area contributed by atoms with E-state index < -0.39 is 0 Å². The van der Waals surface area contributed by atoms with Gasteiger partial charge in [-0.15, -0.1) is 0 Å². The lowest BCUT2D eigenvalue weighted by Gasteiger charge is -2.36. The lowest BCUT2D eigenvalue weighted by Crippen LogP contribution is -2.46. The molecule has 0 bridgehead atoms. The lowest BCUT2D eigenvalue weighted by molar-refractivity contribution is 0.0761. The first-order valence-electron chi connectivity index (χ1n) is 4.97. The van der Waals surface area contributed by atoms with Gasteiger partial charge >= 0.3 is 0 Å². The fourth-order valence-electron chi connectivity index (χ4n) is 2.13. The third kappa shape index (κ3) is 1.80. The van der Waals surface area contributed by atoms with Crippen LogP contribution in [0.25, 0.3) is 0 Å². The largest absolute Gasteiger partial charge is 0.287 e. The maximum atomic E-state index is 2.57. The summed E-state index contributed by atoms with van der Waals surface area (Å²) >= 11 is 0. The summed E-state index contributed by atoms with van der Waals surface area (Å²) < 4.78 is 0. The van der Waals surface area contributed by atoms with Gasteiger partial charge in [0.2, 0.25) is 0 Å². The molecule has 0 saturated carbocycles. The zero-order valence-electron chi connectivity index (χ0n) is 9.09. The molecule has 0 aromatic rings. The summed E-state index contributed by atoms with van der Waals surface area (Å²) in [4.78, 5) is 5.09. The fraction of sp³-hybridized carbons (Fsp3) is 1.00. The molecule has 1 atom stereocenters. The quantitative estimate of drug-likeness (QED) is 0.592. The molecule has 1 aliphatic heterocycles. The highest BCUT2D eigenvalue weighted by Gasteiger charge is 2.33. The number of hydrogen-bond acceptors (Lipinski definition) is 2. The first-order valence-corrected chi connectivity index (χ1v) is 4.97. The molecule has 12 heavy (non-hydrogen) atoms. The molecule has 0 radical (unpaired) electrons. The number of hydrogen-bond donors (Lipinski definition) is 0. The van der Waals surface area contributed by atoms with Gasteiger partial charge in [0.05, 0.1) is 6.17 Å². The van der Waals surface area contributed by atoms with Crippen molar-refractivity contribution >= 4 is 0 Å². The highest BCUT2D eigenvalue weighted by Crippen LogP contribution is 2.23. The Kier molecular flexibility index (Phi) is 2.79. The third-order valence-corrected chi connectivity index (χ3v) is 2.88. The minimum absolute atomic E-state index is 0.323. The van der Waals surface area contributed by atoms with Crippen molar-refractivity contribution in [1.29, 1.82) is 0 Å². The Balaban J connectivity index is 2.61. The van der Waals surface area contributed by atoms with Gasteiger partial charge in [-0.1, -0.05) is 6.92 Å². The average molecular weight is 170 g/mol. The van der Waals surface area contributed by atoms with Crippen LogP contribution in [0.5, 0.6) is 0 Å². The molecule has 2 nitrogen and oxygen atoms in total. The molecule has 0 aliphatic carbocycles. The maximum Gasteiger partial charge on any atom is 0.0598 e. The molecule has 0 amide bonds. The van der Waals surface area contributed by atoms with Gasteiger partial charge in [0.1, 0.15) is 0 Å². The molecule has 2 heteroatoms. The summed E-state index contributed by atoms with van der Waals surface area (Å²) in [6.07, 6.45) is 0.620. The van der Waals surface area contributed by atoms with Gasteiger partial charge in [0, 0.05) is 18.6 Å². The second kappa shape index (κ2) is 3.35. The van der Waals surface area contributed by atoms with E-state index in [0.29, 0.717) is 11.7 Å². The van der Waals surface area contributed by atoms with Crippen molar-refractivity contribution in [1.82, 2.24) is 9.80 Å². The zero-order valence-corrected chi connectivity index (χ0v) is 9.09. The third-order valence-electron chi connectivity index (χ3n) is 2.88. The van der Waals surface area contributed by atoms with E-state index in [1.54, 1.807) is 0 Å².